The van der Waals surface area contributed by atoms with Gasteiger partial charge in [0.2, 0.25) is 11.8 Å². The number of anilines is 2. The Morgan fingerprint density at radius 3 is 2.54 bits per heavy atom. The number of methoxy groups -OCH3 is 1. The predicted molar refractivity (Wildman–Crippen MR) is 197 cm³/mol. The van der Waals surface area contributed by atoms with Gasteiger partial charge in [-0.2, -0.15) is 5.10 Å². The third kappa shape index (κ3) is 7.42. The lowest BCUT2D eigenvalue weighted by Crippen LogP contribution is -2.47. The van der Waals surface area contributed by atoms with Crippen molar-refractivity contribution in [1.29, 1.82) is 0 Å². The molecule has 0 saturated carbocycles. The molecule has 274 valence electrons. The van der Waals surface area contributed by atoms with E-state index < -0.39 is 6.04 Å². The molecule has 3 aliphatic heterocycles. The summed E-state index contributed by atoms with van der Waals surface area (Å²) in [7, 11) is 3.20. The number of pyridine rings is 1. The number of halogens is 2. The molecule has 2 aromatic heterocycles. The number of Topliss-reactive ketones (excluding diaryl/α,β-unsaturated/α-hetero) is 1. The Hall–Kier alpha value is -4.75. The SMILES string of the molecule is COc1cc(-c2cn(C)c(=O)c3[nH]ncc23)cc(F)c1CC1CCN(CC(=O)C2CCN(c3ccc(NC4CCC(=O)NC4=O)cc3Cl)CC2)CC1. The average molecular weight is 732 g/mol. The number of carbonyl (C=O) groups is 3. The van der Waals surface area contributed by atoms with Gasteiger partial charge in [0.1, 0.15) is 28.9 Å². The highest BCUT2D eigenvalue weighted by atomic mass is 35.5. The van der Waals surface area contributed by atoms with Gasteiger partial charge in [0, 0.05) is 60.9 Å². The number of ketones is 1. The van der Waals surface area contributed by atoms with E-state index in [0.29, 0.717) is 69.9 Å². The van der Waals surface area contributed by atoms with Crippen LogP contribution in [0.4, 0.5) is 15.8 Å². The van der Waals surface area contributed by atoms with Crippen molar-refractivity contribution in [3.8, 4) is 16.9 Å². The van der Waals surface area contributed by atoms with E-state index in [9.17, 15) is 19.2 Å². The minimum absolute atomic E-state index is 0.00611. The Morgan fingerprint density at radius 1 is 1.06 bits per heavy atom. The standard InChI is InChI=1S/C38H43ClFN7O5/c1-45-20-28(27-19-41-44-36(27)38(45)51)24-16-30(40)26(34(17-24)52-2)15-22-7-11-46(12-8-22)21-33(48)23-9-13-47(14-10-23)32-5-3-25(18-29(32)39)42-31-4-6-35(49)43-37(31)50/h3,5,16-20,22-23,31,42H,4,6-15,21H2,1-2H3,(H,41,44)(H,43,49,50). The first-order chi connectivity index (χ1) is 25.1. The number of likely N-dealkylation sites (tertiary alicyclic amines) is 1. The summed E-state index contributed by atoms with van der Waals surface area (Å²) < 4.78 is 22.9. The van der Waals surface area contributed by atoms with Gasteiger partial charge in [0.05, 0.1) is 30.6 Å². The Kier molecular flexibility index (Phi) is 10.3. The second kappa shape index (κ2) is 15.1. The number of hydrogen-bond acceptors (Lipinski definition) is 9. The number of aromatic nitrogens is 3. The molecular weight excluding hydrogens is 689 g/mol. The fourth-order valence-electron chi connectivity index (χ4n) is 7.84. The monoisotopic (exact) mass is 731 g/mol. The van der Waals surface area contributed by atoms with Crippen molar-refractivity contribution >= 4 is 51.5 Å². The lowest BCUT2D eigenvalue weighted by molar-refractivity contribution is -0.133. The number of aryl methyl sites for hydroxylation is 1. The number of amides is 2. The van der Waals surface area contributed by atoms with Gasteiger partial charge in [-0.1, -0.05) is 11.6 Å². The van der Waals surface area contributed by atoms with E-state index in [-0.39, 0.29) is 40.8 Å². The topological polar surface area (TPSA) is 142 Å². The summed E-state index contributed by atoms with van der Waals surface area (Å²) in [5.74, 6) is 0.0697. The van der Waals surface area contributed by atoms with E-state index >= 15 is 4.39 Å². The number of H-pyrrole nitrogens is 1. The van der Waals surface area contributed by atoms with E-state index in [1.807, 2.05) is 18.2 Å². The third-order valence-corrected chi connectivity index (χ3v) is 11.2. The van der Waals surface area contributed by atoms with Gasteiger partial charge in [-0.25, -0.2) is 4.39 Å². The Labute approximate surface area is 305 Å². The first-order valence-electron chi connectivity index (χ1n) is 17.9. The smallest absolute Gasteiger partial charge is 0.276 e. The van der Waals surface area contributed by atoms with E-state index in [4.69, 9.17) is 16.3 Å². The van der Waals surface area contributed by atoms with Crippen LogP contribution in [0.3, 0.4) is 0 Å². The number of imide groups is 1. The van der Waals surface area contributed by atoms with Crippen molar-refractivity contribution in [2.75, 3.05) is 50.1 Å². The third-order valence-electron chi connectivity index (χ3n) is 10.9. The molecule has 0 radical (unpaired) electrons. The maximum atomic E-state index is 15.7. The van der Waals surface area contributed by atoms with Crippen molar-refractivity contribution < 1.29 is 23.5 Å². The lowest BCUT2D eigenvalue weighted by atomic mass is 9.87. The quantitative estimate of drug-likeness (QED) is 0.198. The van der Waals surface area contributed by atoms with E-state index in [0.717, 1.165) is 57.5 Å². The molecule has 0 spiro atoms. The van der Waals surface area contributed by atoms with Crippen LogP contribution in [0.5, 0.6) is 5.75 Å². The number of benzene rings is 2. The zero-order valence-electron chi connectivity index (χ0n) is 29.3. The van der Waals surface area contributed by atoms with Crippen LogP contribution in [0.15, 0.2) is 47.5 Å². The average Bonchev–Trinajstić information content (AvgIpc) is 3.63. The van der Waals surface area contributed by atoms with E-state index in [1.54, 1.807) is 32.6 Å². The molecule has 52 heavy (non-hydrogen) atoms. The number of nitrogens with one attached hydrogen (secondary N) is 3. The van der Waals surface area contributed by atoms with Gasteiger partial charge < -0.3 is 19.5 Å². The van der Waals surface area contributed by atoms with Crippen LogP contribution in [0, 0.1) is 17.7 Å². The van der Waals surface area contributed by atoms with Crippen LogP contribution in [-0.2, 0) is 27.9 Å². The molecule has 14 heteroatoms. The molecule has 2 amide bonds. The minimum atomic E-state index is -0.480. The van der Waals surface area contributed by atoms with Crippen LogP contribution in [0.2, 0.25) is 5.02 Å². The van der Waals surface area contributed by atoms with Crippen LogP contribution >= 0.6 is 11.6 Å². The number of piperidine rings is 3. The molecule has 1 atom stereocenters. The van der Waals surface area contributed by atoms with Gasteiger partial charge in [0.25, 0.3) is 5.56 Å². The predicted octanol–water partition coefficient (Wildman–Crippen LogP) is 4.69. The van der Waals surface area contributed by atoms with Crippen molar-refractivity contribution in [2.45, 2.75) is 51.0 Å². The summed E-state index contributed by atoms with van der Waals surface area (Å²) >= 11 is 6.66. The summed E-state index contributed by atoms with van der Waals surface area (Å²) in [4.78, 5) is 53.9. The molecule has 7 rings (SSSR count). The number of carbonyl (C=O) groups excluding carboxylic acids is 3. The Balaban J connectivity index is 0.896. The van der Waals surface area contributed by atoms with Gasteiger partial charge in [0.15, 0.2) is 0 Å². The van der Waals surface area contributed by atoms with Crippen LogP contribution in [0.1, 0.15) is 44.1 Å². The fraction of sp³-hybridized carbons (Fsp3) is 0.447. The summed E-state index contributed by atoms with van der Waals surface area (Å²) in [5, 5.41) is 13.5. The summed E-state index contributed by atoms with van der Waals surface area (Å²) in [6, 6.07) is 8.48. The molecule has 2 aromatic carbocycles. The number of aromatic amines is 1. The second-order valence-electron chi connectivity index (χ2n) is 14.2. The normalized spacial score (nSPS) is 19.2. The molecule has 4 aromatic rings. The maximum absolute atomic E-state index is 15.7. The number of fused-ring (bicyclic) bond motifs is 1. The Morgan fingerprint density at radius 2 is 1.83 bits per heavy atom. The van der Waals surface area contributed by atoms with E-state index in [2.05, 4.69) is 30.6 Å². The number of ether oxygens (including phenoxy) is 1. The van der Waals surface area contributed by atoms with Crippen molar-refractivity contribution in [3.63, 3.8) is 0 Å². The lowest BCUT2D eigenvalue weighted by Gasteiger charge is -2.36. The minimum Gasteiger partial charge on any atom is -0.496 e. The number of nitrogens with zero attached hydrogens (tertiary/aromatic N) is 4. The highest BCUT2D eigenvalue weighted by molar-refractivity contribution is 6.33. The Bertz CT molecular complexity index is 2070. The van der Waals surface area contributed by atoms with Crippen LogP contribution in [-0.4, -0.2) is 83.1 Å². The van der Waals surface area contributed by atoms with Crippen LogP contribution in [0.25, 0.3) is 22.0 Å². The molecule has 1 unspecified atom stereocenters. The molecule has 0 aliphatic carbocycles. The molecule has 0 bridgehead atoms. The highest BCUT2D eigenvalue weighted by Gasteiger charge is 2.30. The van der Waals surface area contributed by atoms with Crippen molar-refractivity contribution in [2.24, 2.45) is 18.9 Å². The summed E-state index contributed by atoms with van der Waals surface area (Å²) in [5.41, 5.74) is 3.63. The first kappa shape index (κ1) is 35.6. The molecular formula is C38H43ClFN7O5. The number of rotatable bonds is 10. The molecule has 3 N–H and O–H groups in total. The molecule has 12 nitrogen and oxygen atoms in total. The van der Waals surface area contributed by atoms with E-state index in [1.165, 1.54) is 10.6 Å². The van der Waals surface area contributed by atoms with Crippen LogP contribution < -0.4 is 25.8 Å². The highest BCUT2D eigenvalue weighted by Crippen LogP contribution is 2.36. The molecule has 3 fully saturated rings. The molecule has 3 aliphatic rings. The fourth-order valence-corrected chi connectivity index (χ4v) is 8.14. The van der Waals surface area contributed by atoms with Crippen molar-refractivity contribution in [3.05, 3.63) is 69.5 Å². The van der Waals surface area contributed by atoms with Gasteiger partial charge in [-0.15, -0.1) is 0 Å². The first-order valence-corrected chi connectivity index (χ1v) is 18.2. The number of hydrogen-bond donors (Lipinski definition) is 3. The largest absolute Gasteiger partial charge is 0.496 e. The summed E-state index contributed by atoms with van der Waals surface area (Å²) in [6.07, 6.45) is 7.77. The summed E-state index contributed by atoms with van der Waals surface area (Å²) in [6.45, 7) is 3.43. The van der Waals surface area contributed by atoms with Gasteiger partial charge >= 0.3 is 0 Å². The maximum Gasteiger partial charge on any atom is 0.276 e. The molecule has 5 heterocycles. The van der Waals surface area contributed by atoms with Gasteiger partial charge in [-0.05, 0) is 93.4 Å². The zero-order valence-corrected chi connectivity index (χ0v) is 30.1. The van der Waals surface area contributed by atoms with Gasteiger partial charge in [-0.3, -0.25) is 34.5 Å². The zero-order chi connectivity index (χ0) is 36.5. The van der Waals surface area contributed by atoms with Crippen molar-refractivity contribution in [1.82, 2.24) is 25.0 Å². The molecule has 3 saturated heterocycles. The second-order valence-corrected chi connectivity index (χ2v) is 14.6.